The topological polar surface area (TPSA) is 45.9 Å². The molecule has 1 aromatic heterocycles. The van der Waals surface area contributed by atoms with Crippen molar-refractivity contribution >= 4 is 0 Å². The summed E-state index contributed by atoms with van der Waals surface area (Å²) in [4.78, 5) is 4.11. The summed E-state index contributed by atoms with van der Waals surface area (Å²) in [5.74, 6) is 1.75. The lowest BCUT2D eigenvalue weighted by molar-refractivity contribution is 0.193. The minimum absolute atomic E-state index is 0.547. The van der Waals surface area contributed by atoms with Gasteiger partial charge in [0.1, 0.15) is 0 Å². The Morgan fingerprint density at radius 2 is 2.29 bits per heavy atom. The first kappa shape index (κ1) is 11.7. The van der Waals surface area contributed by atoms with Gasteiger partial charge in [-0.3, -0.25) is 0 Å². The number of hydrogen-bond acceptors (Lipinski definition) is 3. The van der Waals surface area contributed by atoms with Gasteiger partial charge in [-0.1, -0.05) is 19.1 Å². The van der Waals surface area contributed by atoms with Gasteiger partial charge in [0.15, 0.2) is 0 Å². The third-order valence-corrected chi connectivity index (χ3v) is 3.23. The first-order valence-electron chi connectivity index (χ1n) is 5.93. The van der Waals surface area contributed by atoms with Crippen LogP contribution in [0.3, 0.4) is 0 Å². The van der Waals surface area contributed by atoms with Crippen LogP contribution in [0, 0.1) is 23.2 Å². The molecule has 0 fully saturated rings. The number of nitriles is 1. The van der Waals surface area contributed by atoms with Crippen molar-refractivity contribution in [2.24, 2.45) is 11.8 Å². The Morgan fingerprint density at radius 1 is 1.47 bits per heavy atom. The van der Waals surface area contributed by atoms with Gasteiger partial charge in [-0.25, -0.2) is 4.98 Å². The van der Waals surface area contributed by atoms with E-state index < -0.39 is 0 Å². The van der Waals surface area contributed by atoms with Crippen LogP contribution in [0.25, 0.3) is 0 Å². The van der Waals surface area contributed by atoms with Gasteiger partial charge in [0.05, 0.1) is 18.2 Å². The zero-order chi connectivity index (χ0) is 12.1. The molecule has 3 nitrogen and oxygen atoms in total. The van der Waals surface area contributed by atoms with Gasteiger partial charge in [-0.05, 0) is 30.7 Å². The lowest BCUT2D eigenvalue weighted by Crippen LogP contribution is -2.21. The van der Waals surface area contributed by atoms with Crippen molar-refractivity contribution in [1.82, 2.24) is 4.98 Å². The Kier molecular flexibility index (Phi) is 3.77. The molecule has 1 aliphatic carbocycles. The molecule has 3 heteroatoms. The minimum atomic E-state index is 0.547. The van der Waals surface area contributed by atoms with Crippen molar-refractivity contribution in [3.05, 3.63) is 36.0 Å². The van der Waals surface area contributed by atoms with E-state index in [1.54, 1.807) is 18.3 Å². The highest BCUT2D eigenvalue weighted by Crippen LogP contribution is 2.25. The highest BCUT2D eigenvalue weighted by molar-refractivity contribution is 5.31. The molecule has 2 atom stereocenters. The second kappa shape index (κ2) is 5.49. The fraction of sp³-hybridized carbons (Fsp3) is 0.429. The molecular formula is C14H16N2O. The lowest BCUT2D eigenvalue weighted by atomic mass is 9.85. The van der Waals surface area contributed by atoms with E-state index >= 15 is 0 Å². The van der Waals surface area contributed by atoms with Crippen LogP contribution < -0.4 is 4.74 Å². The molecule has 0 saturated heterocycles. The van der Waals surface area contributed by atoms with E-state index in [-0.39, 0.29) is 0 Å². The zero-order valence-electron chi connectivity index (χ0n) is 9.97. The van der Waals surface area contributed by atoms with E-state index in [1.165, 1.54) is 0 Å². The van der Waals surface area contributed by atoms with E-state index in [2.05, 4.69) is 30.1 Å². The predicted octanol–water partition coefficient (Wildman–Crippen LogP) is 2.93. The summed E-state index contributed by atoms with van der Waals surface area (Å²) in [5.41, 5.74) is 0.589. The Bertz CT molecular complexity index is 448. The van der Waals surface area contributed by atoms with Crippen LogP contribution >= 0.6 is 0 Å². The fourth-order valence-corrected chi connectivity index (χ4v) is 1.99. The van der Waals surface area contributed by atoms with E-state index in [9.17, 15) is 0 Å². The van der Waals surface area contributed by atoms with Gasteiger partial charge in [-0.2, -0.15) is 5.26 Å². The summed E-state index contributed by atoms with van der Waals surface area (Å²) in [5, 5.41) is 8.78. The number of allylic oxidation sites excluding steroid dienone is 2. The second-order valence-corrected chi connectivity index (χ2v) is 4.49. The fourth-order valence-electron chi connectivity index (χ4n) is 1.99. The normalized spacial score (nSPS) is 23.1. The van der Waals surface area contributed by atoms with Crippen LogP contribution in [-0.2, 0) is 0 Å². The average molecular weight is 228 g/mol. The quantitative estimate of drug-likeness (QED) is 0.747. The third-order valence-electron chi connectivity index (χ3n) is 3.23. The van der Waals surface area contributed by atoms with E-state index in [0.717, 1.165) is 12.8 Å². The van der Waals surface area contributed by atoms with E-state index in [4.69, 9.17) is 10.00 Å². The average Bonchev–Trinajstić information content (AvgIpc) is 2.38. The van der Waals surface area contributed by atoms with Gasteiger partial charge in [0.2, 0.25) is 5.88 Å². The van der Waals surface area contributed by atoms with Crippen LogP contribution in [-0.4, -0.2) is 11.6 Å². The van der Waals surface area contributed by atoms with E-state index in [1.807, 2.05) is 0 Å². The minimum Gasteiger partial charge on any atom is -0.477 e. The molecule has 0 amide bonds. The first-order chi connectivity index (χ1) is 8.29. The maximum Gasteiger partial charge on any atom is 0.214 e. The molecule has 0 radical (unpaired) electrons. The number of aromatic nitrogens is 1. The maximum atomic E-state index is 8.78. The first-order valence-corrected chi connectivity index (χ1v) is 5.93. The Hall–Kier alpha value is -1.82. The van der Waals surface area contributed by atoms with Gasteiger partial charge in [0, 0.05) is 12.3 Å². The summed E-state index contributed by atoms with van der Waals surface area (Å²) < 4.78 is 5.66. The summed E-state index contributed by atoms with van der Waals surface area (Å²) in [7, 11) is 0. The maximum absolute atomic E-state index is 8.78. The summed E-state index contributed by atoms with van der Waals surface area (Å²) in [6.45, 7) is 2.92. The summed E-state index contributed by atoms with van der Waals surface area (Å²) >= 11 is 0. The van der Waals surface area contributed by atoms with Gasteiger partial charge >= 0.3 is 0 Å². The Balaban J connectivity index is 1.93. The zero-order valence-corrected chi connectivity index (χ0v) is 9.97. The number of hydrogen-bond donors (Lipinski definition) is 0. The standard InChI is InChI=1S/C14H16N2O/c1-11-4-2-3-5-13(11)10-17-14-8-12(9-15)6-7-16-14/h2-3,6-8,11,13H,4-5,10H2,1H3. The Labute approximate surface area is 102 Å². The molecule has 0 spiro atoms. The van der Waals surface area contributed by atoms with Crippen LogP contribution in [0.1, 0.15) is 25.3 Å². The SMILES string of the molecule is CC1CC=CCC1COc1cc(C#N)ccn1. The van der Waals surface area contributed by atoms with Crippen molar-refractivity contribution in [1.29, 1.82) is 5.26 Å². The van der Waals surface area contributed by atoms with Gasteiger partial charge < -0.3 is 4.74 Å². The molecule has 17 heavy (non-hydrogen) atoms. The second-order valence-electron chi connectivity index (χ2n) is 4.49. The summed E-state index contributed by atoms with van der Waals surface area (Å²) in [6, 6.07) is 5.45. The molecule has 88 valence electrons. The molecule has 0 N–H and O–H groups in total. The largest absolute Gasteiger partial charge is 0.477 e. The highest BCUT2D eigenvalue weighted by Gasteiger charge is 2.18. The third kappa shape index (κ3) is 3.07. The van der Waals surface area contributed by atoms with Crippen molar-refractivity contribution in [3.8, 4) is 11.9 Å². The van der Waals surface area contributed by atoms with Crippen LogP contribution in [0.2, 0.25) is 0 Å². The van der Waals surface area contributed by atoms with Gasteiger partial charge in [-0.15, -0.1) is 0 Å². The molecule has 1 heterocycles. The summed E-state index contributed by atoms with van der Waals surface area (Å²) in [6.07, 6.45) is 8.25. The molecule has 0 bridgehead atoms. The number of ether oxygens (including phenoxy) is 1. The Morgan fingerprint density at radius 3 is 3.06 bits per heavy atom. The molecular weight excluding hydrogens is 212 g/mol. The monoisotopic (exact) mass is 228 g/mol. The van der Waals surface area contributed by atoms with Gasteiger partial charge in [0.25, 0.3) is 0 Å². The lowest BCUT2D eigenvalue weighted by Gasteiger charge is -2.24. The predicted molar refractivity (Wildman–Crippen MR) is 65.5 cm³/mol. The van der Waals surface area contributed by atoms with Crippen molar-refractivity contribution in [2.45, 2.75) is 19.8 Å². The van der Waals surface area contributed by atoms with E-state index in [0.29, 0.717) is 29.9 Å². The van der Waals surface area contributed by atoms with Crippen molar-refractivity contribution < 1.29 is 4.74 Å². The number of pyridine rings is 1. The van der Waals surface area contributed by atoms with Crippen molar-refractivity contribution in [2.75, 3.05) is 6.61 Å². The molecule has 2 rings (SSSR count). The molecule has 2 unspecified atom stereocenters. The number of rotatable bonds is 3. The highest BCUT2D eigenvalue weighted by atomic mass is 16.5. The van der Waals surface area contributed by atoms with Crippen molar-refractivity contribution in [3.63, 3.8) is 0 Å². The smallest absolute Gasteiger partial charge is 0.214 e. The van der Waals surface area contributed by atoms with Crippen LogP contribution in [0.15, 0.2) is 30.5 Å². The number of nitrogens with zero attached hydrogens (tertiary/aromatic N) is 2. The molecule has 0 saturated carbocycles. The molecule has 1 aromatic rings. The molecule has 0 aliphatic heterocycles. The van der Waals surface area contributed by atoms with Crippen LogP contribution in [0.4, 0.5) is 0 Å². The van der Waals surface area contributed by atoms with Crippen LogP contribution in [0.5, 0.6) is 5.88 Å². The molecule has 0 aromatic carbocycles. The molecule has 1 aliphatic rings.